The first-order valence-electron chi connectivity index (χ1n) is 8.90. The zero-order chi connectivity index (χ0) is 18.1. The molecular weight excluding hydrogens is 320 g/mol. The molecule has 0 spiro atoms. The molecule has 1 fully saturated rings. The molecule has 0 bridgehead atoms. The maximum absolute atomic E-state index is 13.0. The molecule has 0 unspecified atom stereocenters. The van der Waals surface area contributed by atoms with Gasteiger partial charge in [0.05, 0.1) is 18.0 Å². The lowest BCUT2D eigenvalue weighted by atomic mass is 9.96. The van der Waals surface area contributed by atoms with Crippen molar-refractivity contribution in [1.29, 1.82) is 5.26 Å². The van der Waals surface area contributed by atoms with E-state index in [2.05, 4.69) is 41.7 Å². The third kappa shape index (κ3) is 2.84. The van der Waals surface area contributed by atoms with E-state index in [9.17, 15) is 4.79 Å². The van der Waals surface area contributed by atoms with Crippen molar-refractivity contribution in [2.45, 2.75) is 31.7 Å². The van der Waals surface area contributed by atoms with Crippen molar-refractivity contribution in [2.75, 3.05) is 0 Å². The van der Waals surface area contributed by atoms with Gasteiger partial charge in [-0.3, -0.25) is 4.79 Å². The number of hydrogen-bond acceptors (Lipinski definition) is 2. The lowest BCUT2D eigenvalue weighted by molar-refractivity contribution is 0.0930. The van der Waals surface area contributed by atoms with E-state index in [0.717, 1.165) is 24.0 Å². The Hall–Kier alpha value is -3.12. The highest BCUT2D eigenvalue weighted by Crippen LogP contribution is 2.48. The monoisotopic (exact) mass is 340 g/mol. The standard InChI is InChI=1S/C23H20N2O/c1-16-9-10-17(11-14-24)15-20(16)22(26)25-23(12-13-23)21-8-4-6-18-5-2-3-7-19(18)21/h2-10,15H,11-13H2,1H3,(H,25,26). The summed E-state index contributed by atoms with van der Waals surface area (Å²) >= 11 is 0. The fourth-order valence-corrected chi connectivity index (χ4v) is 3.63. The van der Waals surface area contributed by atoms with Gasteiger partial charge in [-0.2, -0.15) is 5.26 Å². The second kappa shape index (κ2) is 6.31. The van der Waals surface area contributed by atoms with Crippen LogP contribution in [0.3, 0.4) is 0 Å². The summed E-state index contributed by atoms with van der Waals surface area (Å²) in [6, 6.07) is 22.4. The highest BCUT2D eigenvalue weighted by Gasteiger charge is 2.46. The first kappa shape index (κ1) is 16.4. The van der Waals surface area contributed by atoms with E-state index in [4.69, 9.17) is 5.26 Å². The predicted molar refractivity (Wildman–Crippen MR) is 103 cm³/mol. The molecule has 3 aromatic rings. The molecule has 1 aliphatic rings. The van der Waals surface area contributed by atoms with E-state index in [1.165, 1.54) is 16.3 Å². The molecule has 1 N–H and O–H groups in total. The summed E-state index contributed by atoms with van der Waals surface area (Å²) in [5.41, 5.74) is 3.37. The number of nitrogens with one attached hydrogen (secondary N) is 1. The molecule has 1 saturated carbocycles. The Morgan fingerprint density at radius 1 is 1.12 bits per heavy atom. The second-order valence-corrected chi connectivity index (χ2v) is 7.05. The van der Waals surface area contributed by atoms with Gasteiger partial charge in [-0.1, -0.05) is 54.6 Å². The van der Waals surface area contributed by atoms with Crippen molar-refractivity contribution in [3.8, 4) is 6.07 Å². The number of amides is 1. The van der Waals surface area contributed by atoms with Crippen LogP contribution in [-0.4, -0.2) is 5.91 Å². The highest BCUT2D eigenvalue weighted by atomic mass is 16.1. The topological polar surface area (TPSA) is 52.9 Å². The lowest BCUT2D eigenvalue weighted by Gasteiger charge is -2.21. The van der Waals surface area contributed by atoms with Crippen molar-refractivity contribution in [2.24, 2.45) is 0 Å². The molecule has 26 heavy (non-hydrogen) atoms. The second-order valence-electron chi connectivity index (χ2n) is 7.05. The quantitative estimate of drug-likeness (QED) is 0.752. The van der Waals surface area contributed by atoms with Crippen LogP contribution in [0, 0.1) is 18.3 Å². The summed E-state index contributed by atoms with van der Waals surface area (Å²) in [7, 11) is 0. The predicted octanol–water partition coefficient (Wildman–Crippen LogP) is 4.63. The number of hydrogen-bond donors (Lipinski definition) is 1. The van der Waals surface area contributed by atoms with Crippen LogP contribution in [0.4, 0.5) is 0 Å². The number of benzene rings is 3. The molecular formula is C23H20N2O. The lowest BCUT2D eigenvalue weighted by Crippen LogP contribution is -2.35. The van der Waals surface area contributed by atoms with E-state index in [1.807, 2.05) is 37.3 Å². The van der Waals surface area contributed by atoms with Gasteiger partial charge in [-0.25, -0.2) is 0 Å². The first-order chi connectivity index (χ1) is 12.6. The average molecular weight is 340 g/mol. The minimum atomic E-state index is -0.282. The van der Waals surface area contributed by atoms with Gasteiger partial charge in [-0.15, -0.1) is 0 Å². The summed E-state index contributed by atoms with van der Waals surface area (Å²) < 4.78 is 0. The maximum Gasteiger partial charge on any atom is 0.252 e. The van der Waals surface area contributed by atoms with Gasteiger partial charge in [0.15, 0.2) is 0 Å². The smallest absolute Gasteiger partial charge is 0.252 e. The number of fused-ring (bicyclic) bond motifs is 1. The van der Waals surface area contributed by atoms with Crippen LogP contribution in [0.5, 0.6) is 0 Å². The molecule has 3 aromatic carbocycles. The third-order valence-corrected chi connectivity index (χ3v) is 5.24. The highest BCUT2D eigenvalue weighted by molar-refractivity contribution is 5.97. The first-order valence-corrected chi connectivity index (χ1v) is 8.90. The summed E-state index contributed by atoms with van der Waals surface area (Å²) in [4.78, 5) is 13.0. The van der Waals surface area contributed by atoms with Crippen LogP contribution in [0.15, 0.2) is 60.7 Å². The minimum absolute atomic E-state index is 0.0623. The normalized spacial score (nSPS) is 14.6. The Morgan fingerprint density at radius 2 is 1.88 bits per heavy atom. The third-order valence-electron chi connectivity index (χ3n) is 5.24. The summed E-state index contributed by atoms with van der Waals surface area (Å²) in [6.45, 7) is 1.93. The fourth-order valence-electron chi connectivity index (χ4n) is 3.63. The van der Waals surface area contributed by atoms with Gasteiger partial charge in [0.2, 0.25) is 0 Å². The number of nitriles is 1. The van der Waals surface area contributed by atoms with Crippen LogP contribution in [-0.2, 0) is 12.0 Å². The summed E-state index contributed by atoms with van der Waals surface area (Å²) in [6.07, 6.45) is 2.21. The van der Waals surface area contributed by atoms with Crippen LogP contribution in [0.2, 0.25) is 0 Å². The molecule has 1 aliphatic carbocycles. The van der Waals surface area contributed by atoms with Gasteiger partial charge < -0.3 is 5.32 Å². The van der Waals surface area contributed by atoms with E-state index >= 15 is 0 Å². The van der Waals surface area contributed by atoms with Crippen LogP contribution in [0.1, 0.15) is 39.9 Å². The zero-order valence-corrected chi connectivity index (χ0v) is 14.8. The van der Waals surface area contributed by atoms with Crippen molar-refractivity contribution in [3.05, 3.63) is 82.9 Å². The van der Waals surface area contributed by atoms with E-state index in [0.29, 0.717) is 12.0 Å². The van der Waals surface area contributed by atoms with Gasteiger partial charge in [0.1, 0.15) is 0 Å². The van der Waals surface area contributed by atoms with Gasteiger partial charge >= 0.3 is 0 Å². The molecule has 1 amide bonds. The average Bonchev–Trinajstić information content (AvgIpc) is 3.43. The molecule has 0 radical (unpaired) electrons. The van der Waals surface area contributed by atoms with Gasteiger partial charge in [-0.05, 0) is 53.3 Å². The van der Waals surface area contributed by atoms with Crippen molar-refractivity contribution < 1.29 is 4.79 Å². The van der Waals surface area contributed by atoms with Gasteiger partial charge in [0.25, 0.3) is 5.91 Å². The Labute approximate surface area is 153 Å². The van der Waals surface area contributed by atoms with Crippen molar-refractivity contribution >= 4 is 16.7 Å². The summed E-state index contributed by atoms with van der Waals surface area (Å²) in [5.74, 6) is -0.0623. The largest absolute Gasteiger partial charge is 0.342 e. The van der Waals surface area contributed by atoms with Crippen molar-refractivity contribution in [1.82, 2.24) is 5.32 Å². The molecule has 3 nitrogen and oxygen atoms in total. The van der Waals surface area contributed by atoms with Crippen LogP contribution in [0.25, 0.3) is 10.8 Å². The molecule has 0 aliphatic heterocycles. The summed E-state index contributed by atoms with van der Waals surface area (Å²) in [5, 5.41) is 14.6. The number of nitrogens with zero attached hydrogens (tertiary/aromatic N) is 1. The van der Waals surface area contributed by atoms with E-state index in [-0.39, 0.29) is 11.4 Å². The molecule has 128 valence electrons. The fraction of sp³-hybridized carbons (Fsp3) is 0.217. The van der Waals surface area contributed by atoms with E-state index in [1.54, 1.807) is 0 Å². The Balaban J connectivity index is 1.68. The Bertz CT molecular complexity index is 1040. The molecule has 0 atom stereocenters. The van der Waals surface area contributed by atoms with Crippen molar-refractivity contribution in [3.63, 3.8) is 0 Å². The number of aryl methyl sites for hydroxylation is 1. The number of carbonyl (C=O) groups is 1. The van der Waals surface area contributed by atoms with Crippen LogP contribution < -0.4 is 5.32 Å². The molecule has 0 saturated heterocycles. The minimum Gasteiger partial charge on any atom is -0.342 e. The Kier molecular flexibility index (Phi) is 3.97. The molecule has 4 rings (SSSR count). The SMILES string of the molecule is Cc1ccc(CC#N)cc1C(=O)NC1(c2cccc3ccccc23)CC1. The van der Waals surface area contributed by atoms with E-state index < -0.39 is 0 Å². The molecule has 3 heteroatoms. The maximum atomic E-state index is 13.0. The molecule has 0 heterocycles. The van der Waals surface area contributed by atoms with Crippen LogP contribution >= 0.6 is 0 Å². The zero-order valence-electron chi connectivity index (χ0n) is 14.8. The number of carbonyl (C=O) groups excluding carboxylic acids is 1. The number of rotatable bonds is 4. The molecule has 0 aromatic heterocycles. The Morgan fingerprint density at radius 3 is 2.65 bits per heavy atom. The van der Waals surface area contributed by atoms with Gasteiger partial charge in [0, 0.05) is 5.56 Å².